The van der Waals surface area contributed by atoms with Crippen molar-refractivity contribution >= 4 is 53.3 Å². The number of benzene rings is 1. The molecule has 8 heteroatoms. The molecule has 21 heavy (non-hydrogen) atoms. The highest BCUT2D eigenvalue weighted by Gasteiger charge is 2.24. The van der Waals surface area contributed by atoms with Gasteiger partial charge in [0, 0.05) is 35.5 Å². The van der Waals surface area contributed by atoms with Crippen molar-refractivity contribution in [2.75, 3.05) is 25.4 Å². The van der Waals surface area contributed by atoms with Crippen molar-refractivity contribution in [2.24, 2.45) is 5.92 Å². The molecule has 0 aromatic heterocycles. The van der Waals surface area contributed by atoms with Gasteiger partial charge in [0.15, 0.2) is 0 Å². The van der Waals surface area contributed by atoms with Gasteiger partial charge in [-0.1, -0.05) is 23.2 Å². The zero-order valence-electron chi connectivity index (χ0n) is 11.1. The largest absolute Gasteiger partial charge is 0.391 e. The monoisotopic (exact) mass is 370 g/mol. The summed E-state index contributed by atoms with van der Waals surface area (Å²) in [5, 5.41) is 16.7. The first kappa shape index (κ1) is 18.9. The summed E-state index contributed by atoms with van der Waals surface area (Å²) in [5.74, 6) is 0.278. The van der Waals surface area contributed by atoms with Crippen LogP contribution in [0.25, 0.3) is 0 Å². The van der Waals surface area contributed by atoms with Crippen LogP contribution in [0, 0.1) is 5.92 Å². The Labute approximate surface area is 144 Å². The number of rotatable bonds is 5. The van der Waals surface area contributed by atoms with Crippen molar-refractivity contribution in [3.63, 3.8) is 0 Å². The Morgan fingerprint density at radius 2 is 2.19 bits per heavy atom. The first-order valence-electron chi connectivity index (χ1n) is 6.29. The molecule has 1 aromatic carbocycles. The van der Waals surface area contributed by atoms with E-state index >= 15 is 0 Å². The number of aliphatic hydroxyl groups is 1. The van der Waals surface area contributed by atoms with Crippen LogP contribution < -0.4 is 10.6 Å². The van der Waals surface area contributed by atoms with Gasteiger partial charge in [-0.25, -0.2) is 0 Å². The van der Waals surface area contributed by atoms with Crippen LogP contribution in [0.3, 0.4) is 0 Å². The molecule has 3 N–H and O–H groups in total. The lowest BCUT2D eigenvalue weighted by atomic mass is 10.1. The molecule has 2 unspecified atom stereocenters. The Bertz CT molecular complexity index is 490. The van der Waals surface area contributed by atoms with Gasteiger partial charge in [0.2, 0.25) is 5.91 Å². The van der Waals surface area contributed by atoms with Crippen molar-refractivity contribution in [1.82, 2.24) is 10.6 Å². The quantitative estimate of drug-likeness (QED) is 0.695. The Kier molecular flexibility index (Phi) is 8.16. The number of β-amino-alcohol motifs (C(OH)–C–C–N with tert-alkyl or cyclic N) is 1. The van der Waals surface area contributed by atoms with E-state index in [1.807, 2.05) is 0 Å². The van der Waals surface area contributed by atoms with Gasteiger partial charge in [-0.15, -0.1) is 24.2 Å². The molecule has 0 saturated carbocycles. The highest BCUT2D eigenvalue weighted by Crippen LogP contribution is 2.29. The summed E-state index contributed by atoms with van der Waals surface area (Å²) in [5.41, 5.74) is 0. The van der Waals surface area contributed by atoms with E-state index in [0.717, 1.165) is 11.4 Å². The lowest BCUT2D eigenvalue weighted by Crippen LogP contribution is -2.35. The second-order valence-electron chi connectivity index (χ2n) is 4.65. The Balaban J connectivity index is 0.00000220. The van der Waals surface area contributed by atoms with Crippen LogP contribution in [-0.2, 0) is 4.79 Å². The predicted molar refractivity (Wildman–Crippen MR) is 89.8 cm³/mol. The third kappa shape index (κ3) is 5.85. The fourth-order valence-corrected chi connectivity index (χ4v) is 3.28. The third-order valence-electron chi connectivity index (χ3n) is 3.12. The number of halogens is 3. The molecule has 1 amide bonds. The van der Waals surface area contributed by atoms with E-state index in [1.165, 1.54) is 11.8 Å². The van der Waals surface area contributed by atoms with Gasteiger partial charge in [-0.05, 0) is 18.2 Å². The fourth-order valence-electron chi connectivity index (χ4n) is 1.95. The van der Waals surface area contributed by atoms with Crippen molar-refractivity contribution in [2.45, 2.75) is 11.0 Å². The van der Waals surface area contributed by atoms with E-state index in [0.29, 0.717) is 23.1 Å². The maximum atomic E-state index is 11.8. The molecule has 118 valence electrons. The third-order valence-corrected chi connectivity index (χ3v) is 4.85. The van der Waals surface area contributed by atoms with Gasteiger partial charge < -0.3 is 15.7 Å². The summed E-state index contributed by atoms with van der Waals surface area (Å²) in [6.07, 6.45) is -0.384. The van der Waals surface area contributed by atoms with Crippen LogP contribution in [0.5, 0.6) is 0 Å². The van der Waals surface area contributed by atoms with Crippen molar-refractivity contribution < 1.29 is 9.90 Å². The SMILES string of the molecule is Cl.O=C(CSc1cc(Cl)ccc1Cl)NCC1CNCC1O. The number of aliphatic hydroxyl groups excluding tert-OH is 1. The molecule has 1 aromatic rings. The van der Waals surface area contributed by atoms with E-state index in [9.17, 15) is 9.90 Å². The van der Waals surface area contributed by atoms with Gasteiger partial charge in [0.25, 0.3) is 0 Å². The Hall–Kier alpha value is -0.170. The number of hydrogen-bond donors (Lipinski definition) is 3. The van der Waals surface area contributed by atoms with E-state index < -0.39 is 0 Å². The van der Waals surface area contributed by atoms with Crippen molar-refractivity contribution in [3.05, 3.63) is 28.2 Å². The number of carbonyl (C=O) groups is 1. The minimum Gasteiger partial charge on any atom is -0.391 e. The summed E-state index contributed by atoms with van der Waals surface area (Å²) < 4.78 is 0. The molecule has 4 nitrogen and oxygen atoms in total. The van der Waals surface area contributed by atoms with E-state index in [4.69, 9.17) is 23.2 Å². The predicted octanol–water partition coefficient (Wildman–Crippen LogP) is 2.20. The smallest absolute Gasteiger partial charge is 0.230 e. The molecule has 1 saturated heterocycles. The second kappa shape index (κ2) is 9.08. The molecular formula is C13H17Cl3N2O2S. The van der Waals surface area contributed by atoms with Gasteiger partial charge in [0.1, 0.15) is 0 Å². The second-order valence-corrected chi connectivity index (χ2v) is 6.51. The molecule has 2 atom stereocenters. The minimum atomic E-state index is -0.384. The Morgan fingerprint density at radius 3 is 2.86 bits per heavy atom. The van der Waals surface area contributed by atoms with E-state index in [-0.39, 0.29) is 36.1 Å². The molecule has 1 fully saturated rings. The van der Waals surface area contributed by atoms with Gasteiger partial charge >= 0.3 is 0 Å². The summed E-state index contributed by atoms with van der Waals surface area (Å²) in [6.45, 7) is 1.80. The maximum Gasteiger partial charge on any atom is 0.230 e. The van der Waals surface area contributed by atoms with Crippen LogP contribution in [0.1, 0.15) is 0 Å². The molecule has 2 rings (SSSR count). The highest BCUT2D eigenvalue weighted by atomic mass is 35.5. The fraction of sp³-hybridized carbons (Fsp3) is 0.462. The number of nitrogens with one attached hydrogen (secondary N) is 2. The van der Waals surface area contributed by atoms with Gasteiger partial charge in [0.05, 0.1) is 16.9 Å². The van der Waals surface area contributed by atoms with Crippen molar-refractivity contribution in [3.8, 4) is 0 Å². The highest BCUT2D eigenvalue weighted by molar-refractivity contribution is 8.00. The number of amides is 1. The number of hydrogen-bond acceptors (Lipinski definition) is 4. The number of carbonyl (C=O) groups excluding carboxylic acids is 1. The lowest BCUT2D eigenvalue weighted by Gasteiger charge is -2.14. The Morgan fingerprint density at radius 1 is 1.43 bits per heavy atom. The van der Waals surface area contributed by atoms with Crippen LogP contribution >= 0.6 is 47.4 Å². The summed E-state index contributed by atoms with van der Waals surface area (Å²) in [6, 6.07) is 5.17. The topological polar surface area (TPSA) is 61.4 Å². The molecule has 0 spiro atoms. The zero-order valence-corrected chi connectivity index (χ0v) is 14.3. The van der Waals surface area contributed by atoms with Crippen molar-refractivity contribution in [1.29, 1.82) is 0 Å². The molecule has 1 heterocycles. The minimum absolute atomic E-state index is 0. The van der Waals surface area contributed by atoms with Crippen LogP contribution in [-0.4, -0.2) is 42.5 Å². The molecule has 0 radical (unpaired) electrons. The average Bonchev–Trinajstić information content (AvgIpc) is 2.83. The summed E-state index contributed by atoms with van der Waals surface area (Å²) in [7, 11) is 0. The molecule has 1 aliphatic rings. The van der Waals surface area contributed by atoms with Crippen LogP contribution in [0.4, 0.5) is 0 Å². The molecule has 1 aliphatic heterocycles. The van der Waals surface area contributed by atoms with E-state index in [1.54, 1.807) is 18.2 Å². The van der Waals surface area contributed by atoms with Gasteiger partial charge in [-0.3, -0.25) is 4.79 Å². The zero-order chi connectivity index (χ0) is 14.5. The van der Waals surface area contributed by atoms with Crippen LogP contribution in [0.2, 0.25) is 10.0 Å². The number of thioether (sulfide) groups is 1. The van der Waals surface area contributed by atoms with E-state index in [2.05, 4.69) is 10.6 Å². The standard InChI is InChI=1S/C13H16Cl2N2O2S.ClH/c14-9-1-2-10(15)12(3-9)20-7-13(19)17-5-8-4-16-6-11(8)18;/h1-3,8,11,16,18H,4-7H2,(H,17,19);1H. The maximum absolute atomic E-state index is 11.8. The first-order chi connectivity index (χ1) is 9.56. The lowest BCUT2D eigenvalue weighted by molar-refractivity contribution is -0.118. The van der Waals surface area contributed by atoms with Gasteiger partial charge in [-0.2, -0.15) is 0 Å². The normalized spacial score (nSPS) is 20.9. The summed E-state index contributed by atoms with van der Waals surface area (Å²) in [4.78, 5) is 12.6. The summed E-state index contributed by atoms with van der Waals surface area (Å²) >= 11 is 13.3. The van der Waals surface area contributed by atoms with Crippen LogP contribution in [0.15, 0.2) is 23.1 Å². The average molecular weight is 372 g/mol. The first-order valence-corrected chi connectivity index (χ1v) is 8.03. The molecular weight excluding hydrogens is 355 g/mol. The molecule has 0 aliphatic carbocycles. The molecule has 0 bridgehead atoms.